The summed E-state index contributed by atoms with van der Waals surface area (Å²) in [5, 5.41) is 2.78. The highest BCUT2D eigenvalue weighted by Crippen LogP contribution is 2.32. The molecule has 1 aliphatic heterocycles. The average molecular weight is 333 g/mol. The number of fused-ring (bicyclic) bond motifs is 1. The predicted octanol–water partition coefficient (Wildman–Crippen LogP) is 1.75. The van der Waals surface area contributed by atoms with Crippen LogP contribution in [-0.2, 0) is 16.4 Å². The van der Waals surface area contributed by atoms with Gasteiger partial charge in [-0.05, 0) is 35.9 Å². The van der Waals surface area contributed by atoms with Gasteiger partial charge in [0.1, 0.15) is 0 Å². The third kappa shape index (κ3) is 3.45. The molecule has 0 fully saturated rings. The quantitative estimate of drug-likeness (QED) is 0.922. The van der Waals surface area contributed by atoms with E-state index in [0.29, 0.717) is 23.6 Å². The Hall–Kier alpha value is -2.54. The summed E-state index contributed by atoms with van der Waals surface area (Å²) < 4.78 is 33.2. The van der Waals surface area contributed by atoms with Crippen LogP contribution in [0.4, 0.5) is 0 Å². The Morgan fingerprint density at radius 2 is 1.78 bits per heavy atom. The number of hydrogen-bond acceptors (Lipinski definition) is 5. The molecule has 0 aliphatic carbocycles. The third-order valence-corrected chi connectivity index (χ3v) is 4.57. The Kier molecular flexibility index (Phi) is 3.96. The van der Waals surface area contributed by atoms with E-state index in [2.05, 4.69) is 5.32 Å². The van der Waals surface area contributed by atoms with Crippen LogP contribution in [0.25, 0.3) is 0 Å². The van der Waals surface area contributed by atoms with Crippen molar-refractivity contribution in [1.29, 1.82) is 0 Å². The maximum absolute atomic E-state index is 12.1. The molecule has 2 aromatic carbocycles. The lowest BCUT2D eigenvalue weighted by atomic mass is 10.1. The van der Waals surface area contributed by atoms with Gasteiger partial charge in [0.15, 0.2) is 21.3 Å². The molecular weight excluding hydrogens is 318 g/mol. The second-order valence-electron chi connectivity index (χ2n) is 5.17. The minimum Gasteiger partial charge on any atom is -0.454 e. The lowest BCUT2D eigenvalue weighted by Crippen LogP contribution is -2.22. The summed E-state index contributed by atoms with van der Waals surface area (Å²) in [6.45, 7) is 0.463. The van der Waals surface area contributed by atoms with Gasteiger partial charge in [0.05, 0.1) is 4.90 Å². The number of carbonyl (C=O) groups excluding carboxylic acids is 1. The Morgan fingerprint density at radius 1 is 1.09 bits per heavy atom. The molecular formula is C16H15NO5S. The van der Waals surface area contributed by atoms with Gasteiger partial charge in [0.25, 0.3) is 5.91 Å². The summed E-state index contributed by atoms with van der Waals surface area (Å²) in [4.78, 5) is 12.4. The van der Waals surface area contributed by atoms with Crippen molar-refractivity contribution in [2.24, 2.45) is 0 Å². The van der Waals surface area contributed by atoms with Crippen molar-refractivity contribution in [3.05, 3.63) is 53.6 Å². The Labute approximate surface area is 134 Å². The highest BCUT2D eigenvalue weighted by molar-refractivity contribution is 7.90. The molecule has 0 atom stereocenters. The van der Waals surface area contributed by atoms with Crippen molar-refractivity contribution in [3.8, 4) is 11.5 Å². The number of hydrogen-bond donors (Lipinski definition) is 1. The smallest absolute Gasteiger partial charge is 0.251 e. The lowest BCUT2D eigenvalue weighted by molar-refractivity contribution is 0.0950. The molecule has 3 rings (SSSR count). The molecule has 1 heterocycles. The molecule has 120 valence electrons. The summed E-state index contributed by atoms with van der Waals surface area (Å²) in [6, 6.07) is 11.4. The number of rotatable bonds is 4. The lowest BCUT2D eigenvalue weighted by Gasteiger charge is -2.07. The van der Waals surface area contributed by atoms with Crippen LogP contribution in [0.1, 0.15) is 15.9 Å². The van der Waals surface area contributed by atoms with Gasteiger partial charge in [-0.3, -0.25) is 4.79 Å². The minimum absolute atomic E-state index is 0.160. The molecule has 0 radical (unpaired) electrons. The Balaban J connectivity index is 1.65. The molecule has 7 heteroatoms. The monoisotopic (exact) mass is 333 g/mol. The van der Waals surface area contributed by atoms with Gasteiger partial charge in [-0.15, -0.1) is 0 Å². The van der Waals surface area contributed by atoms with E-state index in [1.807, 2.05) is 0 Å². The fraction of sp³-hybridized carbons (Fsp3) is 0.188. The zero-order valence-corrected chi connectivity index (χ0v) is 13.2. The van der Waals surface area contributed by atoms with Crippen molar-refractivity contribution in [2.75, 3.05) is 13.0 Å². The molecule has 0 unspecified atom stereocenters. The zero-order chi connectivity index (χ0) is 16.4. The van der Waals surface area contributed by atoms with E-state index in [-0.39, 0.29) is 17.6 Å². The molecule has 1 amide bonds. The number of carbonyl (C=O) groups is 1. The van der Waals surface area contributed by atoms with Crippen LogP contribution in [0, 0.1) is 0 Å². The second kappa shape index (κ2) is 5.92. The van der Waals surface area contributed by atoms with Crippen LogP contribution in [-0.4, -0.2) is 27.4 Å². The molecule has 23 heavy (non-hydrogen) atoms. The van der Waals surface area contributed by atoms with E-state index in [4.69, 9.17) is 9.47 Å². The first-order valence-electron chi connectivity index (χ1n) is 6.90. The van der Waals surface area contributed by atoms with Crippen molar-refractivity contribution < 1.29 is 22.7 Å². The van der Waals surface area contributed by atoms with Gasteiger partial charge in [-0.2, -0.15) is 0 Å². The van der Waals surface area contributed by atoms with Crippen LogP contribution in [0.3, 0.4) is 0 Å². The van der Waals surface area contributed by atoms with Gasteiger partial charge >= 0.3 is 0 Å². The summed E-state index contributed by atoms with van der Waals surface area (Å²) in [6.07, 6.45) is 1.16. The molecule has 0 aromatic heterocycles. The Morgan fingerprint density at radius 3 is 2.48 bits per heavy atom. The second-order valence-corrected chi connectivity index (χ2v) is 7.18. The van der Waals surface area contributed by atoms with E-state index < -0.39 is 9.84 Å². The summed E-state index contributed by atoms with van der Waals surface area (Å²) in [5.74, 6) is 0.934. The number of benzene rings is 2. The topological polar surface area (TPSA) is 81.7 Å². The normalized spacial score (nSPS) is 12.9. The number of ether oxygens (including phenoxy) is 2. The van der Waals surface area contributed by atoms with Gasteiger partial charge in [-0.1, -0.05) is 12.1 Å². The third-order valence-electron chi connectivity index (χ3n) is 3.44. The Bertz CT molecular complexity index is 843. The molecule has 0 spiro atoms. The van der Waals surface area contributed by atoms with Crippen molar-refractivity contribution in [3.63, 3.8) is 0 Å². The van der Waals surface area contributed by atoms with E-state index in [9.17, 15) is 13.2 Å². The molecule has 2 aromatic rings. The van der Waals surface area contributed by atoms with E-state index in [1.165, 1.54) is 12.1 Å². The fourth-order valence-corrected chi connectivity index (χ4v) is 2.81. The molecule has 0 saturated carbocycles. The maximum atomic E-state index is 12.1. The number of nitrogens with one attached hydrogen (secondary N) is 1. The van der Waals surface area contributed by atoms with Crippen molar-refractivity contribution in [2.45, 2.75) is 11.4 Å². The fourth-order valence-electron chi connectivity index (χ4n) is 2.18. The van der Waals surface area contributed by atoms with Gasteiger partial charge < -0.3 is 14.8 Å². The van der Waals surface area contributed by atoms with Crippen LogP contribution in [0.2, 0.25) is 0 Å². The maximum Gasteiger partial charge on any atom is 0.251 e. The van der Waals surface area contributed by atoms with E-state index in [1.54, 1.807) is 30.3 Å². The molecule has 1 N–H and O–H groups in total. The molecule has 6 nitrogen and oxygen atoms in total. The van der Waals surface area contributed by atoms with Gasteiger partial charge in [0, 0.05) is 18.4 Å². The minimum atomic E-state index is -3.21. The van der Waals surface area contributed by atoms with Crippen LogP contribution in [0.15, 0.2) is 47.4 Å². The molecule has 1 aliphatic rings. The van der Waals surface area contributed by atoms with Gasteiger partial charge in [0.2, 0.25) is 6.79 Å². The van der Waals surface area contributed by atoms with Crippen molar-refractivity contribution >= 4 is 15.7 Å². The molecule has 0 bridgehead atoms. The van der Waals surface area contributed by atoms with Crippen LogP contribution >= 0.6 is 0 Å². The highest BCUT2D eigenvalue weighted by atomic mass is 32.2. The van der Waals surface area contributed by atoms with E-state index in [0.717, 1.165) is 11.8 Å². The van der Waals surface area contributed by atoms with Crippen LogP contribution in [0.5, 0.6) is 11.5 Å². The van der Waals surface area contributed by atoms with Gasteiger partial charge in [-0.25, -0.2) is 8.42 Å². The average Bonchev–Trinajstić information content (AvgIpc) is 2.99. The van der Waals surface area contributed by atoms with Crippen molar-refractivity contribution in [1.82, 2.24) is 5.32 Å². The number of amides is 1. The largest absolute Gasteiger partial charge is 0.454 e. The summed E-state index contributed by atoms with van der Waals surface area (Å²) >= 11 is 0. The van der Waals surface area contributed by atoms with Crippen LogP contribution < -0.4 is 14.8 Å². The first kappa shape index (κ1) is 15.4. The SMILES string of the molecule is CS(=O)(=O)c1ccc(CNC(=O)c2ccc3c(c2)OCO3)cc1. The zero-order valence-electron chi connectivity index (χ0n) is 12.4. The first-order valence-corrected chi connectivity index (χ1v) is 8.79. The molecule has 0 saturated heterocycles. The summed E-state index contributed by atoms with van der Waals surface area (Å²) in [5.41, 5.74) is 1.29. The highest BCUT2D eigenvalue weighted by Gasteiger charge is 2.16. The first-order chi connectivity index (χ1) is 10.9. The summed E-state index contributed by atoms with van der Waals surface area (Å²) in [7, 11) is -3.21. The predicted molar refractivity (Wildman–Crippen MR) is 83.3 cm³/mol. The standard InChI is InChI=1S/C16H15NO5S/c1-23(19,20)13-5-2-11(3-6-13)9-17-16(18)12-4-7-14-15(8-12)22-10-21-14/h2-8H,9-10H2,1H3,(H,17,18). The number of sulfone groups is 1. The van der Waals surface area contributed by atoms with E-state index >= 15 is 0 Å².